The summed E-state index contributed by atoms with van der Waals surface area (Å²) >= 11 is 1.21. The SMILES string of the molecule is CC(C)(C)OC(=O)[C@@H](Cc1ccccc1)C(N)(O)c1nccs1. The first-order valence-electron chi connectivity index (χ1n) is 7.38. The van der Waals surface area contributed by atoms with Crippen molar-refractivity contribution in [2.75, 3.05) is 0 Å². The van der Waals surface area contributed by atoms with Gasteiger partial charge >= 0.3 is 5.97 Å². The summed E-state index contributed by atoms with van der Waals surface area (Å²) in [6.45, 7) is 5.34. The van der Waals surface area contributed by atoms with E-state index in [9.17, 15) is 9.90 Å². The number of thiazole rings is 1. The van der Waals surface area contributed by atoms with Crippen LogP contribution in [0.1, 0.15) is 31.3 Å². The maximum absolute atomic E-state index is 12.6. The van der Waals surface area contributed by atoms with Crippen LogP contribution in [0.15, 0.2) is 41.9 Å². The Morgan fingerprint density at radius 3 is 2.52 bits per heavy atom. The molecular weight excluding hydrogens is 312 g/mol. The Kier molecular flexibility index (Phi) is 5.19. The fourth-order valence-corrected chi connectivity index (χ4v) is 2.91. The Morgan fingerprint density at radius 1 is 1.35 bits per heavy atom. The Bertz CT molecular complexity index is 634. The Hall–Kier alpha value is -1.76. The van der Waals surface area contributed by atoms with Gasteiger partial charge in [0.15, 0.2) is 5.72 Å². The number of carbonyl (C=O) groups is 1. The van der Waals surface area contributed by atoms with Crippen LogP contribution < -0.4 is 5.73 Å². The number of ether oxygens (including phenoxy) is 1. The van der Waals surface area contributed by atoms with Gasteiger partial charge in [-0.3, -0.25) is 10.5 Å². The van der Waals surface area contributed by atoms with E-state index in [1.54, 1.807) is 32.3 Å². The number of aromatic nitrogens is 1. The molecule has 0 aliphatic heterocycles. The quantitative estimate of drug-likeness (QED) is 0.648. The van der Waals surface area contributed by atoms with Gasteiger partial charge in [-0.2, -0.15) is 0 Å². The summed E-state index contributed by atoms with van der Waals surface area (Å²) in [6, 6.07) is 9.41. The van der Waals surface area contributed by atoms with Gasteiger partial charge in [-0.15, -0.1) is 11.3 Å². The second-order valence-corrected chi connectivity index (χ2v) is 7.33. The molecule has 124 valence electrons. The molecule has 0 aliphatic carbocycles. The first-order chi connectivity index (χ1) is 10.7. The second-order valence-electron chi connectivity index (χ2n) is 6.44. The van der Waals surface area contributed by atoms with Crippen LogP contribution in [0, 0.1) is 5.92 Å². The second kappa shape index (κ2) is 6.78. The summed E-state index contributed by atoms with van der Waals surface area (Å²) in [5.41, 5.74) is 4.45. The molecule has 0 saturated carbocycles. The maximum atomic E-state index is 12.6. The first kappa shape index (κ1) is 17.6. The zero-order valence-electron chi connectivity index (χ0n) is 13.5. The average Bonchev–Trinajstić information content (AvgIpc) is 2.98. The summed E-state index contributed by atoms with van der Waals surface area (Å²) in [6.07, 6.45) is 1.81. The largest absolute Gasteiger partial charge is 0.460 e. The molecule has 5 nitrogen and oxygen atoms in total. The minimum Gasteiger partial charge on any atom is -0.460 e. The van der Waals surface area contributed by atoms with Crippen LogP contribution in [-0.4, -0.2) is 21.7 Å². The molecule has 0 fully saturated rings. The van der Waals surface area contributed by atoms with Crippen molar-refractivity contribution < 1.29 is 14.6 Å². The molecule has 0 amide bonds. The van der Waals surface area contributed by atoms with E-state index in [0.29, 0.717) is 5.01 Å². The van der Waals surface area contributed by atoms with Gasteiger partial charge in [0.05, 0.1) is 0 Å². The molecule has 1 heterocycles. The van der Waals surface area contributed by atoms with Gasteiger partial charge in [-0.05, 0) is 32.8 Å². The number of carbonyl (C=O) groups excluding carboxylic acids is 1. The van der Waals surface area contributed by atoms with Gasteiger partial charge in [0.1, 0.15) is 16.5 Å². The highest BCUT2D eigenvalue weighted by atomic mass is 32.1. The number of esters is 1. The molecule has 0 bridgehead atoms. The minimum absolute atomic E-state index is 0.266. The van der Waals surface area contributed by atoms with E-state index in [2.05, 4.69) is 4.98 Å². The van der Waals surface area contributed by atoms with Crippen molar-refractivity contribution in [1.82, 2.24) is 4.98 Å². The average molecular weight is 334 g/mol. The molecule has 1 aromatic carbocycles. The Morgan fingerprint density at radius 2 is 2.00 bits per heavy atom. The van der Waals surface area contributed by atoms with Crippen molar-refractivity contribution in [3.8, 4) is 0 Å². The van der Waals surface area contributed by atoms with E-state index >= 15 is 0 Å². The van der Waals surface area contributed by atoms with E-state index in [-0.39, 0.29) is 6.42 Å². The topological polar surface area (TPSA) is 85.4 Å². The molecule has 0 spiro atoms. The molecule has 1 unspecified atom stereocenters. The Labute approximate surface area is 140 Å². The summed E-state index contributed by atoms with van der Waals surface area (Å²) in [7, 11) is 0. The monoisotopic (exact) mass is 334 g/mol. The van der Waals surface area contributed by atoms with Crippen molar-refractivity contribution in [3.63, 3.8) is 0 Å². The van der Waals surface area contributed by atoms with Gasteiger partial charge in [-0.1, -0.05) is 30.3 Å². The lowest BCUT2D eigenvalue weighted by Gasteiger charge is -2.32. The predicted molar refractivity (Wildman–Crippen MR) is 89.7 cm³/mol. The van der Waals surface area contributed by atoms with Crippen LogP contribution in [0.5, 0.6) is 0 Å². The molecule has 23 heavy (non-hydrogen) atoms. The van der Waals surface area contributed by atoms with Gasteiger partial charge in [0, 0.05) is 11.6 Å². The van der Waals surface area contributed by atoms with Gasteiger partial charge in [-0.25, -0.2) is 4.98 Å². The van der Waals surface area contributed by atoms with E-state index < -0.39 is 23.2 Å². The van der Waals surface area contributed by atoms with Crippen LogP contribution in [0.3, 0.4) is 0 Å². The highest BCUT2D eigenvalue weighted by molar-refractivity contribution is 7.09. The normalized spacial score (nSPS) is 15.7. The van der Waals surface area contributed by atoms with Crippen LogP contribution in [0.2, 0.25) is 0 Å². The lowest BCUT2D eigenvalue weighted by atomic mass is 9.89. The highest BCUT2D eigenvalue weighted by Crippen LogP contribution is 2.31. The summed E-state index contributed by atoms with van der Waals surface area (Å²) in [5, 5.41) is 12.8. The van der Waals surface area contributed by atoms with E-state index in [0.717, 1.165) is 5.56 Å². The molecule has 1 aromatic heterocycles. The van der Waals surface area contributed by atoms with Crippen molar-refractivity contribution >= 4 is 17.3 Å². The number of rotatable bonds is 5. The molecule has 3 N–H and O–H groups in total. The number of nitrogens with zero attached hydrogens (tertiary/aromatic N) is 1. The molecule has 6 heteroatoms. The molecular formula is C17H22N2O3S. The lowest BCUT2D eigenvalue weighted by molar-refractivity contribution is -0.170. The minimum atomic E-state index is -1.88. The summed E-state index contributed by atoms with van der Waals surface area (Å²) in [4.78, 5) is 16.7. The van der Waals surface area contributed by atoms with Gasteiger partial charge in [0.25, 0.3) is 0 Å². The number of benzene rings is 1. The number of aliphatic hydroxyl groups is 1. The van der Waals surface area contributed by atoms with Crippen molar-refractivity contribution in [2.45, 2.75) is 38.5 Å². The van der Waals surface area contributed by atoms with Crippen molar-refractivity contribution in [3.05, 3.63) is 52.5 Å². The van der Waals surface area contributed by atoms with Crippen molar-refractivity contribution in [1.29, 1.82) is 0 Å². The highest BCUT2D eigenvalue weighted by Gasteiger charge is 2.43. The molecule has 2 aromatic rings. The third kappa shape index (κ3) is 4.60. The van der Waals surface area contributed by atoms with Crippen LogP contribution in [-0.2, 0) is 21.7 Å². The van der Waals surface area contributed by atoms with E-state index in [1.165, 1.54) is 11.3 Å². The fraction of sp³-hybridized carbons (Fsp3) is 0.412. The van der Waals surface area contributed by atoms with Crippen molar-refractivity contribution in [2.24, 2.45) is 11.7 Å². The van der Waals surface area contributed by atoms with Crippen LogP contribution in [0.25, 0.3) is 0 Å². The third-order valence-corrected chi connectivity index (χ3v) is 4.19. The smallest absolute Gasteiger partial charge is 0.314 e. The molecule has 0 aliphatic rings. The zero-order valence-corrected chi connectivity index (χ0v) is 14.3. The zero-order chi connectivity index (χ0) is 17.1. The first-order valence-corrected chi connectivity index (χ1v) is 8.26. The molecule has 2 rings (SSSR count). The predicted octanol–water partition coefficient (Wildman–Crippen LogP) is 2.45. The van der Waals surface area contributed by atoms with Gasteiger partial charge in [0.2, 0.25) is 0 Å². The number of nitrogens with two attached hydrogens (primary N) is 1. The van der Waals surface area contributed by atoms with Gasteiger partial charge < -0.3 is 9.84 Å². The summed E-state index contributed by atoms with van der Waals surface area (Å²) in [5.74, 6) is -1.49. The maximum Gasteiger partial charge on any atom is 0.314 e. The molecule has 0 radical (unpaired) electrons. The van der Waals surface area contributed by atoms with E-state index in [1.807, 2.05) is 30.3 Å². The van der Waals surface area contributed by atoms with E-state index in [4.69, 9.17) is 10.5 Å². The summed E-state index contributed by atoms with van der Waals surface area (Å²) < 4.78 is 5.45. The third-order valence-electron chi connectivity index (χ3n) is 3.28. The lowest BCUT2D eigenvalue weighted by Crippen LogP contribution is -2.50. The number of hydrogen-bond acceptors (Lipinski definition) is 6. The fourth-order valence-electron chi connectivity index (χ4n) is 2.21. The molecule has 2 atom stereocenters. The molecule has 0 saturated heterocycles. The van der Waals surface area contributed by atoms with Crippen LogP contribution >= 0.6 is 11.3 Å². The Balaban J connectivity index is 2.33. The number of hydrogen-bond donors (Lipinski definition) is 2. The standard InChI is InChI=1S/C17H22N2O3S/c1-16(2,3)22-14(20)13(11-12-7-5-4-6-8-12)17(18,21)15-19-9-10-23-15/h4-10,13,21H,11,18H2,1-3H3/t13-,17?/m1/s1. The van der Waals surface area contributed by atoms with Crippen LogP contribution in [0.4, 0.5) is 0 Å².